The molecule has 0 spiro atoms. The maximum Gasteiger partial charge on any atom is 0.257 e. The van der Waals surface area contributed by atoms with E-state index >= 15 is 0 Å². The Labute approximate surface area is 124 Å². The Kier molecular flexibility index (Phi) is 4.21. The van der Waals surface area contributed by atoms with E-state index in [9.17, 15) is 4.79 Å². The Hall–Kier alpha value is -2.43. The topological polar surface area (TPSA) is 69.3 Å². The minimum atomic E-state index is -0.132. The van der Waals surface area contributed by atoms with Crippen molar-refractivity contribution in [2.75, 3.05) is 18.2 Å². The third-order valence-corrected chi connectivity index (χ3v) is 3.62. The largest absolute Gasteiger partial charge is 0.495 e. The molecule has 1 aromatic carbocycles. The highest BCUT2D eigenvalue weighted by atomic mass is 16.5. The van der Waals surface area contributed by atoms with Gasteiger partial charge in [0.1, 0.15) is 5.75 Å². The maximum absolute atomic E-state index is 12.4. The molecule has 1 amide bonds. The van der Waals surface area contributed by atoms with Crippen LogP contribution in [0.3, 0.4) is 0 Å². The van der Waals surface area contributed by atoms with Crippen LogP contribution in [0.25, 0.3) is 0 Å². The van der Waals surface area contributed by atoms with Crippen LogP contribution in [-0.4, -0.2) is 17.6 Å². The van der Waals surface area contributed by atoms with Gasteiger partial charge < -0.3 is 20.4 Å². The molecule has 2 rings (SSSR count). The van der Waals surface area contributed by atoms with Crippen LogP contribution in [0.15, 0.2) is 24.3 Å². The predicted octanol–water partition coefficient (Wildman–Crippen LogP) is 2.97. The minimum Gasteiger partial charge on any atom is -0.495 e. The molecule has 0 atom stereocenters. The molecule has 5 nitrogen and oxygen atoms in total. The van der Waals surface area contributed by atoms with Crippen LogP contribution in [0.1, 0.15) is 28.7 Å². The normalized spacial score (nSPS) is 10.5. The number of anilines is 2. The van der Waals surface area contributed by atoms with Crippen molar-refractivity contribution < 1.29 is 9.53 Å². The zero-order chi connectivity index (χ0) is 15.6. The molecular formula is C16H21N3O2. The standard InChI is InChI=1S/C16H21N3O2/c1-5-19-10(2)8-13(11(19)3)16(20)18-12-6-7-15(21-4)14(17)9-12/h6-9H,5,17H2,1-4H3,(H,18,20). The van der Waals surface area contributed by atoms with Crippen LogP contribution < -0.4 is 15.8 Å². The fraction of sp³-hybridized carbons (Fsp3) is 0.312. The van der Waals surface area contributed by atoms with Gasteiger partial charge in [-0.3, -0.25) is 4.79 Å². The summed E-state index contributed by atoms with van der Waals surface area (Å²) >= 11 is 0. The second kappa shape index (κ2) is 5.91. The molecule has 0 fully saturated rings. The first-order valence-corrected chi connectivity index (χ1v) is 6.89. The number of carbonyl (C=O) groups excluding carboxylic acids is 1. The first kappa shape index (κ1) is 15.0. The zero-order valence-corrected chi connectivity index (χ0v) is 12.9. The number of nitrogens with zero attached hydrogens (tertiary/aromatic N) is 1. The number of hydrogen-bond acceptors (Lipinski definition) is 3. The number of hydrogen-bond donors (Lipinski definition) is 2. The summed E-state index contributed by atoms with van der Waals surface area (Å²) in [6.45, 7) is 6.86. The molecule has 0 saturated carbocycles. The number of methoxy groups -OCH3 is 1. The number of ether oxygens (including phenoxy) is 1. The highest BCUT2D eigenvalue weighted by Gasteiger charge is 2.15. The van der Waals surface area contributed by atoms with E-state index in [-0.39, 0.29) is 5.91 Å². The Morgan fingerprint density at radius 2 is 2.05 bits per heavy atom. The number of nitrogens with two attached hydrogens (primary N) is 1. The van der Waals surface area contributed by atoms with Crippen molar-refractivity contribution in [2.45, 2.75) is 27.3 Å². The third kappa shape index (κ3) is 2.86. The van der Waals surface area contributed by atoms with Gasteiger partial charge in [0, 0.05) is 23.6 Å². The molecule has 0 unspecified atom stereocenters. The lowest BCUT2D eigenvalue weighted by Crippen LogP contribution is -2.13. The highest BCUT2D eigenvalue weighted by Crippen LogP contribution is 2.25. The molecule has 5 heteroatoms. The van der Waals surface area contributed by atoms with Crippen LogP contribution in [0.4, 0.5) is 11.4 Å². The lowest BCUT2D eigenvalue weighted by atomic mass is 10.2. The number of carbonyl (C=O) groups is 1. The van der Waals surface area contributed by atoms with Gasteiger partial charge in [-0.05, 0) is 45.0 Å². The smallest absolute Gasteiger partial charge is 0.257 e. The summed E-state index contributed by atoms with van der Waals surface area (Å²) < 4.78 is 7.21. The van der Waals surface area contributed by atoms with E-state index in [0.29, 0.717) is 22.7 Å². The molecule has 0 radical (unpaired) electrons. The number of aryl methyl sites for hydroxylation is 1. The van der Waals surface area contributed by atoms with Crippen LogP contribution in [0, 0.1) is 13.8 Å². The minimum absolute atomic E-state index is 0.132. The van der Waals surface area contributed by atoms with Crippen LogP contribution in [0.5, 0.6) is 5.75 Å². The van der Waals surface area contributed by atoms with Gasteiger partial charge in [0.15, 0.2) is 0 Å². The number of nitrogen functional groups attached to an aromatic ring is 1. The lowest BCUT2D eigenvalue weighted by Gasteiger charge is -2.09. The number of aromatic nitrogens is 1. The Morgan fingerprint density at radius 3 is 2.57 bits per heavy atom. The first-order chi connectivity index (χ1) is 9.97. The molecule has 3 N–H and O–H groups in total. The average Bonchev–Trinajstić information content (AvgIpc) is 2.73. The number of benzene rings is 1. The van der Waals surface area contributed by atoms with E-state index in [1.165, 1.54) is 0 Å². The van der Waals surface area contributed by atoms with E-state index in [2.05, 4.69) is 16.8 Å². The summed E-state index contributed by atoms with van der Waals surface area (Å²) in [5.41, 5.74) is 9.72. The molecule has 0 aliphatic rings. The van der Waals surface area contributed by atoms with E-state index in [4.69, 9.17) is 10.5 Å². The SMILES string of the molecule is CCn1c(C)cc(C(=O)Nc2ccc(OC)c(N)c2)c1C. The first-order valence-electron chi connectivity index (χ1n) is 6.89. The maximum atomic E-state index is 12.4. The van der Waals surface area contributed by atoms with Gasteiger partial charge in [0.05, 0.1) is 18.4 Å². The van der Waals surface area contributed by atoms with Crippen molar-refractivity contribution >= 4 is 17.3 Å². The van der Waals surface area contributed by atoms with Crippen molar-refractivity contribution in [3.63, 3.8) is 0 Å². The fourth-order valence-electron chi connectivity index (χ4n) is 2.53. The molecule has 1 aromatic heterocycles. The van der Waals surface area contributed by atoms with Gasteiger partial charge in [0.25, 0.3) is 5.91 Å². The van der Waals surface area contributed by atoms with Crippen molar-refractivity contribution in [3.05, 3.63) is 41.2 Å². The third-order valence-electron chi connectivity index (χ3n) is 3.62. The van der Waals surface area contributed by atoms with Crippen molar-refractivity contribution in [1.82, 2.24) is 4.57 Å². The average molecular weight is 287 g/mol. The van der Waals surface area contributed by atoms with Gasteiger partial charge in [-0.25, -0.2) is 0 Å². The second-order valence-corrected chi connectivity index (χ2v) is 4.94. The quantitative estimate of drug-likeness (QED) is 0.849. The number of nitrogens with one attached hydrogen (secondary N) is 1. The zero-order valence-electron chi connectivity index (χ0n) is 12.9. The molecule has 1 heterocycles. The van der Waals surface area contributed by atoms with Crippen molar-refractivity contribution in [1.29, 1.82) is 0 Å². The van der Waals surface area contributed by atoms with Gasteiger partial charge in [-0.1, -0.05) is 0 Å². The summed E-state index contributed by atoms with van der Waals surface area (Å²) in [6.07, 6.45) is 0. The summed E-state index contributed by atoms with van der Waals surface area (Å²) in [7, 11) is 1.56. The van der Waals surface area contributed by atoms with Crippen LogP contribution in [-0.2, 0) is 6.54 Å². The Bertz CT molecular complexity index is 674. The summed E-state index contributed by atoms with van der Waals surface area (Å²) in [4.78, 5) is 12.4. The van der Waals surface area contributed by atoms with Crippen LogP contribution in [0.2, 0.25) is 0 Å². The molecule has 0 aliphatic carbocycles. The number of amides is 1. The Balaban J connectivity index is 2.24. The molecule has 0 aliphatic heterocycles. The summed E-state index contributed by atoms with van der Waals surface area (Å²) in [6, 6.07) is 7.10. The predicted molar refractivity (Wildman–Crippen MR) is 84.9 cm³/mol. The molecule has 0 bridgehead atoms. The Morgan fingerprint density at radius 1 is 1.33 bits per heavy atom. The summed E-state index contributed by atoms with van der Waals surface area (Å²) in [5.74, 6) is 0.463. The second-order valence-electron chi connectivity index (χ2n) is 4.94. The number of rotatable bonds is 4. The molecule has 2 aromatic rings. The van der Waals surface area contributed by atoms with E-state index in [1.54, 1.807) is 25.3 Å². The van der Waals surface area contributed by atoms with E-state index in [1.807, 2.05) is 19.9 Å². The molecule has 21 heavy (non-hydrogen) atoms. The van der Waals surface area contributed by atoms with Gasteiger partial charge in [-0.15, -0.1) is 0 Å². The lowest BCUT2D eigenvalue weighted by molar-refractivity contribution is 0.102. The van der Waals surface area contributed by atoms with E-state index in [0.717, 1.165) is 17.9 Å². The van der Waals surface area contributed by atoms with Crippen LogP contribution >= 0.6 is 0 Å². The van der Waals surface area contributed by atoms with Gasteiger partial charge >= 0.3 is 0 Å². The van der Waals surface area contributed by atoms with E-state index < -0.39 is 0 Å². The summed E-state index contributed by atoms with van der Waals surface area (Å²) in [5, 5.41) is 2.87. The van der Waals surface area contributed by atoms with Crippen molar-refractivity contribution in [3.8, 4) is 5.75 Å². The fourth-order valence-corrected chi connectivity index (χ4v) is 2.53. The van der Waals surface area contributed by atoms with Gasteiger partial charge in [-0.2, -0.15) is 0 Å². The molecule has 0 saturated heterocycles. The molecule has 112 valence electrons. The van der Waals surface area contributed by atoms with Gasteiger partial charge in [0.2, 0.25) is 0 Å². The molecular weight excluding hydrogens is 266 g/mol. The monoisotopic (exact) mass is 287 g/mol. The highest BCUT2D eigenvalue weighted by molar-refractivity contribution is 6.05. The van der Waals surface area contributed by atoms with Crippen molar-refractivity contribution in [2.24, 2.45) is 0 Å².